The van der Waals surface area contributed by atoms with Crippen molar-refractivity contribution in [1.29, 1.82) is 0 Å². The number of aromatic nitrogens is 3. The minimum atomic E-state index is -4.64. The van der Waals surface area contributed by atoms with Crippen molar-refractivity contribution in [3.8, 4) is 0 Å². The minimum Gasteiger partial charge on any atom is -0.283 e. The molecule has 0 aliphatic carbocycles. The van der Waals surface area contributed by atoms with Crippen molar-refractivity contribution < 1.29 is 17.2 Å². The predicted octanol–water partition coefficient (Wildman–Crippen LogP) is 4.13. The molecule has 6 nitrogen and oxygen atoms in total. The summed E-state index contributed by atoms with van der Waals surface area (Å²) in [6.45, 7) is 0.290. The average Bonchev–Trinajstić information content (AvgIpc) is 2.80. The van der Waals surface area contributed by atoms with Gasteiger partial charge in [0, 0.05) is 18.1 Å². The Kier molecular flexibility index (Phi) is 6.33. The molecule has 0 N–H and O–H groups in total. The normalized spacial score (nSPS) is 11.8. The van der Waals surface area contributed by atoms with Crippen LogP contribution in [0.5, 0.6) is 0 Å². The van der Waals surface area contributed by atoms with E-state index in [9.17, 15) is 22.0 Å². The Morgan fingerprint density at radius 2 is 1.72 bits per heavy atom. The van der Waals surface area contributed by atoms with Crippen LogP contribution in [0, 0.1) is 0 Å². The van der Waals surface area contributed by atoms with Crippen LogP contribution < -0.4 is 5.56 Å². The first-order valence-corrected chi connectivity index (χ1v) is 12.0. The van der Waals surface area contributed by atoms with Crippen LogP contribution in [0.1, 0.15) is 11.1 Å². The monoisotopic (exact) mass is 473 g/mol. The molecule has 2 aromatic carbocycles. The second kappa shape index (κ2) is 9.17. The molecule has 32 heavy (non-hydrogen) atoms. The maximum atomic E-state index is 13.1. The van der Waals surface area contributed by atoms with E-state index in [-0.39, 0.29) is 5.56 Å². The van der Waals surface area contributed by atoms with Crippen LogP contribution in [0.3, 0.4) is 0 Å². The van der Waals surface area contributed by atoms with E-state index in [1.807, 2.05) is 6.07 Å². The van der Waals surface area contributed by atoms with E-state index in [1.165, 1.54) is 23.9 Å². The number of sulfone groups is 1. The van der Waals surface area contributed by atoms with Crippen molar-refractivity contribution >= 4 is 32.5 Å². The lowest BCUT2D eigenvalue weighted by molar-refractivity contribution is 0.234. The van der Waals surface area contributed by atoms with Gasteiger partial charge < -0.3 is 0 Å². The first kappa shape index (κ1) is 22.1. The fourth-order valence-electron chi connectivity index (χ4n) is 3.10. The maximum Gasteiger partial charge on any atom is 0.341 e. The van der Waals surface area contributed by atoms with Crippen LogP contribution in [-0.4, -0.2) is 28.7 Å². The third-order valence-electron chi connectivity index (χ3n) is 4.74. The van der Waals surface area contributed by atoms with Crippen molar-refractivity contribution in [2.75, 3.05) is 0 Å². The number of alkyl halides is 2. The van der Waals surface area contributed by atoms with Crippen LogP contribution in [0.4, 0.5) is 8.78 Å². The standard InChI is InChI=1S/C22H17F2N3O3S2/c23-21(24)32(29,30)17-9-7-15(8-10-17)14-31-22-26-19-6-2-1-5-18(19)20(28)27(22)13-16-4-3-11-25-12-16/h1-12,21H,13-14H2. The molecular formula is C22H17F2N3O3S2. The Labute approximate surface area is 186 Å². The molecule has 0 spiro atoms. The summed E-state index contributed by atoms with van der Waals surface area (Å²) in [7, 11) is -4.64. The number of thioether (sulfide) groups is 1. The number of benzene rings is 2. The highest BCUT2D eigenvalue weighted by Crippen LogP contribution is 2.25. The SMILES string of the molecule is O=c1c2ccccc2nc(SCc2ccc(S(=O)(=O)C(F)F)cc2)n1Cc1cccnc1. The number of para-hydroxylation sites is 1. The molecule has 164 valence electrons. The van der Waals surface area contributed by atoms with Crippen LogP contribution in [-0.2, 0) is 22.1 Å². The summed E-state index contributed by atoms with van der Waals surface area (Å²) in [6.07, 6.45) is 3.33. The van der Waals surface area contributed by atoms with Gasteiger partial charge in [0.25, 0.3) is 5.56 Å². The molecule has 2 aromatic heterocycles. The van der Waals surface area contributed by atoms with Crippen LogP contribution in [0.25, 0.3) is 10.9 Å². The molecule has 0 bridgehead atoms. The molecule has 0 fully saturated rings. The number of rotatable bonds is 7. The van der Waals surface area contributed by atoms with E-state index in [0.29, 0.717) is 33.9 Å². The molecule has 0 unspecified atom stereocenters. The van der Waals surface area contributed by atoms with Gasteiger partial charge in [-0.25, -0.2) is 13.4 Å². The summed E-state index contributed by atoms with van der Waals surface area (Å²) in [5.74, 6) is -3.10. The van der Waals surface area contributed by atoms with E-state index in [1.54, 1.807) is 47.3 Å². The molecule has 0 aliphatic rings. The zero-order valence-corrected chi connectivity index (χ0v) is 18.2. The molecule has 0 radical (unpaired) electrons. The summed E-state index contributed by atoms with van der Waals surface area (Å²) in [6, 6.07) is 16.0. The number of fused-ring (bicyclic) bond motifs is 1. The highest BCUT2D eigenvalue weighted by molar-refractivity contribution is 7.98. The smallest absolute Gasteiger partial charge is 0.283 e. The van der Waals surface area contributed by atoms with Crippen molar-refractivity contribution in [3.63, 3.8) is 0 Å². The van der Waals surface area contributed by atoms with Crippen LogP contribution >= 0.6 is 11.8 Å². The zero-order valence-electron chi connectivity index (χ0n) is 16.6. The molecule has 0 saturated carbocycles. The molecule has 0 atom stereocenters. The minimum absolute atomic E-state index is 0.180. The average molecular weight is 474 g/mol. The van der Waals surface area contributed by atoms with Crippen LogP contribution in [0.15, 0.2) is 87.9 Å². The van der Waals surface area contributed by atoms with Gasteiger partial charge in [-0.15, -0.1) is 0 Å². The Balaban J connectivity index is 1.65. The maximum absolute atomic E-state index is 13.1. The summed E-state index contributed by atoms with van der Waals surface area (Å²) in [5, 5.41) is 0.990. The zero-order chi connectivity index (χ0) is 22.7. The fourth-order valence-corrected chi connectivity index (χ4v) is 4.77. The van der Waals surface area contributed by atoms with Crippen molar-refractivity contribution in [1.82, 2.24) is 14.5 Å². The van der Waals surface area contributed by atoms with E-state index < -0.39 is 20.5 Å². The molecule has 4 rings (SSSR count). The van der Waals surface area contributed by atoms with E-state index in [0.717, 1.165) is 17.7 Å². The Morgan fingerprint density at radius 3 is 2.41 bits per heavy atom. The molecule has 0 saturated heterocycles. The molecule has 2 heterocycles. The van der Waals surface area contributed by atoms with Crippen molar-refractivity contribution in [2.45, 2.75) is 28.1 Å². The first-order chi connectivity index (χ1) is 15.4. The summed E-state index contributed by atoms with van der Waals surface area (Å²) >= 11 is 1.30. The predicted molar refractivity (Wildman–Crippen MR) is 119 cm³/mol. The summed E-state index contributed by atoms with van der Waals surface area (Å²) in [5.41, 5.74) is 1.94. The second-order valence-corrected chi connectivity index (χ2v) is 9.76. The highest BCUT2D eigenvalue weighted by atomic mass is 32.2. The quantitative estimate of drug-likeness (QED) is 0.297. The lowest BCUT2D eigenvalue weighted by Crippen LogP contribution is -2.24. The number of nitrogens with zero attached hydrogens (tertiary/aromatic N) is 3. The molecule has 10 heteroatoms. The number of hydrogen-bond donors (Lipinski definition) is 0. The van der Waals surface area contributed by atoms with Gasteiger partial charge in [-0.1, -0.05) is 42.1 Å². The summed E-state index contributed by atoms with van der Waals surface area (Å²) < 4.78 is 50.2. The molecular weight excluding hydrogens is 456 g/mol. The third-order valence-corrected chi connectivity index (χ3v) is 7.19. The lowest BCUT2D eigenvalue weighted by Gasteiger charge is -2.13. The molecule has 0 amide bonds. The van der Waals surface area contributed by atoms with Gasteiger partial charge in [-0.2, -0.15) is 8.78 Å². The third kappa shape index (κ3) is 4.56. The van der Waals surface area contributed by atoms with Gasteiger partial charge >= 0.3 is 5.76 Å². The highest BCUT2D eigenvalue weighted by Gasteiger charge is 2.26. The van der Waals surface area contributed by atoms with Gasteiger partial charge in [0.2, 0.25) is 9.84 Å². The number of hydrogen-bond acceptors (Lipinski definition) is 6. The van der Waals surface area contributed by atoms with Gasteiger partial charge in [0.1, 0.15) is 0 Å². The first-order valence-electron chi connectivity index (χ1n) is 9.48. The van der Waals surface area contributed by atoms with Gasteiger partial charge in [-0.3, -0.25) is 14.3 Å². The molecule has 4 aromatic rings. The lowest BCUT2D eigenvalue weighted by atomic mass is 10.2. The Bertz CT molecular complexity index is 1410. The number of halogens is 2. The van der Waals surface area contributed by atoms with E-state index >= 15 is 0 Å². The van der Waals surface area contributed by atoms with Crippen molar-refractivity contribution in [2.24, 2.45) is 0 Å². The van der Waals surface area contributed by atoms with E-state index in [2.05, 4.69) is 9.97 Å². The van der Waals surface area contributed by atoms with Crippen LogP contribution in [0.2, 0.25) is 0 Å². The Morgan fingerprint density at radius 1 is 0.969 bits per heavy atom. The number of pyridine rings is 1. The van der Waals surface area contributed by atoms with Gasteiger partial charge in [0.15, 0.2) is 5.16 Å². The molecule has 0 aliphatic heterocycles. The van der Waals surface area contributed by atoms with Gasteiger partial charge in [-0.05, 0) is 41.5 Å². The fraction of sp³-hybridized carbons (Fsp3) is 0.136. The van der Waals surface area contributed by atoms with E-state index in [4.69, 9.17) is 0 Å². The summed E-state index contributed by atoms with van der Waals surface area (Å²) in [4.78, 5) is 21.4. The largest absolute Gasteiger partial charge is 0.341 e. The Hall–Kier alpha value is -3.11. The second-order valence-electron chi connectivity index (χ2n) is 6.90. The topological polar surface area (TPSA) is 81.9 Å². The van der Waals surface area contributed by atoms with Gasteiger partial charge in [0.05, 0.1) is 22.3 Å². The van der Waals surface area contributed by atoms with Crippen molar-refractivity contribution in [3.05, 3.63) is 94.5 Å².